The van der Waals surface area contributed by atoms with Crippen molar-refractivity contribution in [1.82, 2.24) is 25.8 Å². The summed E-state index contributed by atoms with van der Waals surface area (Å²) in [5.41, 5.74) is 3.84. The van der Waals surface area contributed by atoms with Gasteiger partial charge in [-0.3, -0.25) is 24.0 Å². The lowest BCUT2D eigenvalue weighted by Gasteiger charge is -2.48. The number of nitrogens with one attached hydrogen (secondary N) is 3. The molecule has 0 aromatic heterocycles. The maximum Gasteiger partial charge on any atom is 0.316 e. The van der Waals surface area contributed by atoms with Crippen LogP contribution in [0.3, 0.4) is 0 Å². The number of rotatable bonds is 12. The SMILES string of the molecule is C=CCN(C)C(=O)[C@@H](NC(=O)N[C@H](C(=O)N1C[C@H]2[C@H](CC2(C)C)[C@H]1C(=O)NC(CC1CCC1)C(=O)C(N)=O)C(C)(C)C)C(C)(C)C. The Morgan fingerprint density at radius 2 is 1.54 bits per heavy atom. The fourth-order valence-corrected chi connectivity index (χ4v) is 7.15. The first-order valence-electron chi connectivity index (χ1n) is 16.5. The highest BCUT2D eigenvalue weighted by Crippen LogP contribution is 2.57. The quantitative estimate of drug-likeness (QED) is 0.188. The minimum atomic E-state index is -1.10. The third kappa shape index (κ3) is 8.09. The van der Waals surface area contributed by atoms with Crippen LogP contribution >= 0.6 is 0 Å². The van der Waals surface area contributed by atoms with E-state index in [1.165, 1.54) is 9.80 Å². The van der Waals surface area contributed by atoms with Gasteiger partial charge in [-0.25, -0.2) is 4.79 Å². The van der Waals surface area contributed by atoms with Crippen LogP contribution in [0.5, 0.6) is 0 Å². The fraction of sp³-hybridized carbons (Fsp3) is 0.765. The van der Waals surface area contributed by atoms with E-state index in [1.54, 1.807) is 13.1 Å². The zero-order valence-electron chi connectivity index (χ0n) is 29.2. The topological polar surface area (TPSA) is 171 Å². The molecule has 3 rings (SSSR count). The molecule has 6 atom stereocenters. The smallest absolute Gasteiger partial charge is 0.316 e. The molecular weight excluding hydrogens is 588 g/mol. The number of carbonyl (C=O) groups is 6. The second-order valence-electron chi connectivity index (χ2n) is 16.4. The molecule has 12 nitrogen and oxygen atoms in total. The Balaban J connectivity index is 1.87. The van der Waals surface area contributed by atoms with E-state index in [9.17, 15) is 28.8 Å². The number of urea groups is 1. The summed E-state index contributed by atoms with van der Waals surface area (Å²) < 4.78 is 0. The van der Waals surface area contributed by atoms with Gasteiger partial charge < -0.3 is 31.5 Å². The van der Waals surface area contributed by atoms with Crippen LogP contribution in [-0.2, 0) is 24.0 Å². The number of ketones is 1. The minimum Gasteiger partial charge on any atom is -0.363 e. The van der Waals surface area contributed by atoms with Crippen molar-refractivity contribution in [3.63, 3.8) is 0 Å². The molecule has 2 saturated carbocycles. The van der Waals surface area contributed by atoms with Crippen LogP contribution in [0.1, 0.15) is 87.5 Å². The number of carbonyl (C=O) groups excluding carboxylic acids is 6. The van der Waals surface area contributed by atoms with E-state index in [1.807, 2.05) is 41.5 Å². The summed E-state index contributed by atoms with van der Waals surface area (Å²) in [5, 5.41) is 8.42. The predicted octanol–water partition coefficient (Wildman–Crippen LogP) is 2.36. The molecule has 1 unspecified atom stereocenters. The highest BCUT2D eigenvalue weighted by molar-refractivity contribution is 6.37. The van der Waals surface area contributed by atoms with E-state index in [0.717, 1.165) is 19.3 Å². The minimum absolute atomic E-state index is 0.0434. The number of primary amides is 1. The average molecular weight is 645 g/mol. The third-order valence-corrected chi connectivity index (χ3v) is 10.2. The van der Waals surface area contributed by atoms with Crippen LogP contribution in [0, 0.1) is 34.0 Å². The van der Waals surface area contributed by atoms with Gasteiger partial charge in [0.15, 0.2) is 0 Å². The average Bonchev–Trinajstić information content (AvgIpc) is 3.24. The highest BCUT2D eigenvalue weighted by atomic mass is 16.2. The van der Waals surface area contributed by atoms with E-state index in [4.69, 9.17) is 5.73 Å². The van der Waals surface area contributed by atoms with Gasteiger partial charge >= 0.3 is 6.03 Å². The van der Waals surface area contributed by atoms with Gasteiger partial charge in [-0.2, -0.15) is 0 Å². The van der Waals surface area contributed by atoms with Crippen molar-refractivity contribution in [2.75, 3.05) is 20.1 Å². The van der Waals surface area contributed by atoms with Crippen molar-refractivity contribution in [2.45, 2.75) is 112 Å². The van der Waals surface area contributed by atoms with Gasteiger partial charge in [0.1, 0.15) is 18.1 Å². The largest absolute Gasteiger partial charge is 0.363 e. The molecular formula is C34H56N6O6. The number of Topliss-reactive ketones (excluding diaryl/α,β-unsaturated/α-hetero) is 1. The number of fused-ring (bicyclic) bond motifs is 1. The molecule has 0 aromatic rings. The van der Waals surface area contributed by atoms with E-state index >= 15 is 0 Å². The molecule has 3 aliphatic rings. The standard InChI is InChI=1S/C34H56N6O6/c1-11-15-39(10)29(44)25(32(2,3)4)37-31(46)38-26(33(5,6)7)30(45)40-18-21-20(17-34(21,8)9)23(40)28(43)36-22(24(41)27(35)42)16-19-13-12-14-19/h11,19-23,25-26H,1,12-18H2,2-10H3,(H2,35,42)(H,36,43)(H2,37,38,46)/t20-,21-,22?,23-,25+,26+/m0/s1. The number of hydrogen-bond acceptors (Lipinski definition) is 6. The monoisotopic (exact) mass is 644 g/mol. The van der Waals surface area contributed by atoms with E-state index < -0.39 is 64.5 Å². The van der Waals surface area contributed by atoms with Crippen molar-refractivity contribution in [3.05, 3.63) is 12.7 Å². The van der Waals surface area contributed by atoms with Crippen LogP contribution in [0.4, 0.5) is 4.79 Å². The van der Waals surface area contributed by atoms with E-state index in [0.29, 0.717) is 25.9 Å². The molecule has 5 N–H and O–H groups in total. The normalized spacial score (nSPS) is 24.2. The van der Waals surface area contributed by atoms with E-state index in [2.05, 4.69) is 36.4 Å². The molecule has 6 amide bonds. The van der Waals surface area contributed by atoms with Gasteiger partial charge in [-0.15, -0.1) is 6.58 Å². The number of likely N-dealkylation sites (tertiary alicyclic amines) is 1. The zero-order chi connectivity index (χ0) is 34.9. The maximum absolute atomic E-state index is 14.4. The molecule has 0 radical (unpaired) electrons. The van der Waals surface area contributed by atoms with Crippen molar-refractivity contribution >= 4 is 35.4 Å². The summed E-state index contributed by atoms with van der Waals surface area (Å²) in [6.45, 7) is 19.5. The Kier molecular flexibility index (Phi) is 11.1. The number of nitrogens with two attached hydrogens (primary N) is 1. The summed E-state index contributed by atoms with van der Waals surface area (Å²) >= 11 is 0. The van der Waals surface area contributed by atoms with Gasteiger partial charge in [0.25, 0.3) is 5.91 Å². The molecule has 0 aromatic carbocycles. The van der Waals surface area contributed by atoms with Crippen LogP contribution in [0.2, 0.25) is 0 Å². The Hall–Kier alpha value is -3.44. The molecule has 3 fully saturated rings. The number of likely N-dealkylation sites (N-methyl/N-ethyl adjacent to an activating group) is 1. The van der Waals surface area contributed by atoms with Crippen LogP contribution < -0.4 is 21.7 Å². The first kappa shape index (κ1) is 37.0. The molecule has 1 heterocycles. The molecule has 12 heteroatoms. The number of amides is 6. The lowest BCUT2D eigenvalue weighted by atomic mass is 9.55. The van der Waals surface area contributed by atoms with Crippen molar-refractivity contribution in [1.29, 1.82) is 0 Å². The van der Waals surface area contributed by atoms with Gasteiger partial charge in [-0.05, 0) is 46.8 Å². The molecule has 46 heavy (non-hydrogen) atoms. The second kappa shape index (κ2) is 13.7. The molecule has 0 bridgehead atoms. The highest BCUT2D eigenvalue weighted by Gasteiger charge is 2.61. The van der Waals surface area contributed by atoms with Crippen molar-refractivity contribution in [3.8, 4) is 0 Å². The lowest BCUT2D eigenvalue weighted by molar-refractivity contribution is -0.144. The number of hydrogen-bond donors (Lipinski definition) is 4. The lowest BCUT2D eigenvalue weighted by Crippen LogP contribution is -2.63. The van der Waals surface area contributed by atoms with Crippen LogP contribution in [0.15, 0.2) is 12.7 Å². The fourth-order valence-electron chi connectivity index (χ4n) is 7.15. The molecule has 258 valence electrons. The van der Waals surface area contributed by atoms with Crippen molar-refractivity contribution < 1.29 is 28.8 Å². The van der Waals surface area contributed by atoms with Gasteiger partial charge in [0.05, 0.1) is 6.04 Å². The molecule has 2 aliphatic carbocycles. The summed E-state index contributed by atoms with van der Waals surface area (Å²) in [7, 11) is 1.63. The van der Waals surface area contributed by atoms with Gasteiger partial charge in [0.2, 0.25) is 23.5 Å². The maximum atomic E-state index is 14.4. The Bertz CT molecular complexity index is 1230. The zero-order valence-corrected chi connectivity index (χ0v) is 29.2. The van der Waals surface area contributed by atoms with Crippen LogP contribution in [0.25, 0.3) is 0 Å². The Labute approximate surface area is 274 Å². The first-order valence-corrected chi connectivity index (χ1v) is 16.5. The predicted molar refractivity (Wildman–Crippen MR) is 175 cm³/mol. The molecule has 0 spiro atoms. The summed E-state index contributed by atoms with van der Waals surface area (Å²) in [6.07, 6.45) is 5.50. The Morgan fingerprint density at radius 3 is 2.00 bits per heavy atom. The van der Waals surface area contributed by atoms with Crippen LogP contribution in [-0.4, -0.2) is 89.5 Å². The molecule has 1 saturated heterocycles. The summed E-state index contributed by atoms with van der Waals surface area (Å²) in [6, 6.07) is -4.52. The Morgan fingerprint density at radius 1 is 0.978 bits per heavy atom. The second-order valence-corrected chi connectivity index (χ2v) is 16.4. The molecule has 1 aliphatic heterocycles. The van der Waals surface area contributed by atoms with Crippen molar-refractivity contribution in [2.24, 2.45) is 39.7 Å². The summed E-state index contributed by atoms with van der Waals surface area (Å²) in [4.78, 5) is 82.7. The number of nitrogens with zero attached hydrogens (tertiary/aromatic N) is 2. The van der Waals surface area contributed by atoms with E-state index in [-0.39, 0.29) is 29.1 Å². The first-order chi connectivity index (χ1) is 21.1. The third-order valence-electron chi connectivity index (χ3n) is 10.2. The summed E-state index contributed by atoms with van der Waals surface area (Å²) in [5.74, 6) is -3.02. The van der Waals surface area contributed by atoms with Gasteiger partial charge in [-0.1, -0.05) is 80.7 Å². The van der Waals surface area contributed by atoms with Gasteiger partial charge in [0, 0.05) is 20.1 Å².